The largest absolute Gasteiger partial charge is 0.507 e. The van der Waals surface area contributed by atoms with Crippen molar-refractivity contribution in [1.82, 2.24) is 24.9 Å². The molecule has 3 heterocycles. The quantitative estimate of drug-likeness (QED) is 0.433. The van der Waals surface area contributed by atoms with Gasteiger partial charge in [-0.15, -0.1) is 10.2 Å². The summed E-state index contributed by atoms with van der Waals surface area (Å²) in [6.07, 6.45) is 12.3. The minimum absolute atomic E-state index is 0.127. The van der Waals surface area contributed by atoms with Crippen LogP contribution in [0.2, 0.25) is 0 Å². The van der Waals surface area contributed by atoms with Crippen LogP contribution in [0.1, 0.15) is 57.4 Å². The number of hydrogen-bond donors (Lipinski definition) is 3. The monoisotopic (exact) mass is 516 g/mol. The fourth-order valence-electron chi connectivity index (χ4n) is 6.92. The van der Waals surface area contributed by atoms with Gasteiger partial charge in [-0.05, 0) is 80.9 Å². The highest BCUT2D eigenvalue weighted by atomic mass is 16.4. The average molecular weight is 517 g/mol. The molecule has 0 amide bonds. The Balaban J connectivity index is 1.04. The Bertz CT molecular complexity index is 1300. The Morgan fingerprint density at radius 3 is 2.47 bits per heavy atom. The Labute approximate surface area is 222 Å². The van der Waals surface area contributed by atoms with E-state index in [-0.39, 0.29) is 11.7 Å². The zero-order chi connectivity index (χ0) is 26.3. The molecule has 1 aliphatic heterocycles. The van der Waals surface area contributed by atoms with Gasteiger partial charge in [-0.1, -0.05) is 12.1 Å². The van der Waals surface area contributed by atoms with Crippen LogP contribution in [0.4, 0.5) is 5.82 Å². The molecule has 0 bridgehead atoms. The van der Waals surface area contributed by atoms with E-state index in [1.165, 1.54) is 25.9 Å². The fourth-order valence-corrected chi connectivity index (χ4v) is 6.92. The number of nitrogens with two attached hydrogens (primary N) is 1. The number of carboxylic acids is 1. The van der Waals surface area contributed by atoms with Gasteiger partial charge in [0, 0.05) is 42.5 Å². The van der Waals surface area contributed by atoms with E-state index in [4.69, 9.17) is 10.8 Å². The second kappa shape index (κ2) is 10.0. The van der Waals surface area contributed by atoms with Crippen LogP contribution in [0.3, 0.4) is 0 Å². The number of para-hydroxylation sites is 1. The number of carboxylic acid groups (broad SMARTS) is 1. The maximum absolute atomic E-state index is 11.2. The van der Waals surface area contributed by atoms with Crippen LogP contribution in [0.25, 0.3) is 22.4 Å². The lowest BCUT2D eigenvalue weighted by molar-refractivity contribution is -0.143. The van der Waals surface area contributed by atoms with Crippen molar-refractivity contribution in [2.75, 3.05) is 25.4 Å². The molecule has 0 atom stereocenters. The fraction of sp³-hybridized carbons (Fsp3) is 0.517. The molecule has 0 radical (unpaired) electrons. The van der Waals surface area contributed by atoms with Gasteiger partial charge in [0.15, 0.2) is 5.82 Å². The molecule has 2 aliphatic carbocycles. The number of likely N-dealkylation sites (tertiary alicyclic amines) is 1. The summed E-state index contributed by atoms with van der Waals surface area (Å²) in [6.45, 7) is 3.48. The van der Waals surface area contributed by atoms with Crippen molar-refractivity contribution in [2.24, 2.45) is 17.3 Å². The van der Waals surface area contributed by atoms with Crippen LogP contribution in [0.15, 0.2) is 42.7 Å². The van der Waals surface area contributed by atoms with Crippen LogP contribution in [-0.4, -0.2) is 60.7 Å². The number of phenols is 1. The third kappa shape index (κ3) is 4.87. The predicted molar refractivity (Wildman–Crippen MR) is 144 cm³/mol. The summed E-state index contributed by atoms with van der Waals surface area (Å²) in [6, 6.07) is 9.32. The van der Waals surface area contributed by atoms with Gasteiger partial charge in [0.25, 0.3) is 0 Å². The summed E-state index contributed by atoms with van der Waals surface area (Å²) >= 11 is 0. The first kappa shape index (κ1) is 24.9. The van der Waals surface area contributed by atoms with Gasteiger partial charge in [0.1, 0.15) is 5.75 Å². The van der Waals surface area contributed by atoms with Crippen molar-refractivity contribution < 1.29 is 15.0 Å². The van der Waals surface area contributed by atoms with Gasteiger partial charge in [-0.3, -0.25) is 9.48 Å². The first-order valence-corrected chi connectivity index (χ1v) is 13.8. The van der Waals surface area contributed by atoms with Crippen LogP contribution >= 0.6 is 0 Å². The molecule has 1 spiro atoms. The van der Waals surface area contributed by atoms with Crippen LogP contribution in [-0.2, 0) is 4.79 Å². The Hall–Kier alpha value is -3.46. The second-order valence-corrected chi connectivity index (χ2v) is 11.7. The lowest BCUT2D eigenvalue weighted by Gasteiger charge is -2.54. The molecule has 9 heteroatoms. The first-order valence-electron chi connectivity index (χ1n) is 13.8. The van der Waals surface area contributed by atoms with E-state index >= 15 is 0 Å². The highest BCUT2D eigenvalue weighted by Gasteiger charge is 2.45. The number of aromatic nitrogens is 4. The lowest BCUT2D eigenvalue weighted by atomic mass is 9.67. The molecule has 9 nitrogen and oxygen atoms in total. The third-order valence-electron chi connectivity index (χ3n) is 9.14. The number of benzene rings is 1. The molecule has 200 valence electrons. The number of nitrogens with zero attached hydrogens (tertiary/aromatic N) is 5. The molecule has 2 aromatic heterocycles. The zero-order valence-electron chi connectivity index (χ0n) is 21.7. The maximum atomic E-state index is 11.2. The van der Waals surface area contributed by atoms with E-state index in [9.17, 15) is 15.0 Å². The molecule has 3 aliphatic rings. The molecule has 1 aromatic carbocycles. The number of carbonyl (C=O) groups is 1. The first-order chi connectivity index (χ1) is 18.4. The highest BCUT2D eigenvalue weighted by molar-refractivity contribution is 5.78. The van der Waals surface area contributed by atoms with E-state index in [0.717, 1.165) is 56.2 Å². The van der Waals surface area contributed by atoms with E-state index < -0.39 is 5.97 Å². The summed E-state index contributed by atoms with van der Waals surface area (Å²) < 4.78 is 2.08. The van der Waals surface area contributed by atoms with Gasteiger partial charge in [0.05, 0.1) is 23.9 Å². The molecule has 4 N–H and O–H groups in total. The minimum atomic E-state index is -0.620. The standard InChI is InChI=1S/C29H36N6O3/c30-27-24(13-25(32-33-27)23-3-1-2-4-26(23)36)21-14-31-35(16-21)22-9-11-29(12-10-22)17-34(18-29)15-19-5-7-20(8-6-19)28(37)38/h1-4,13-14,16,19-20,22,36H,5-12,15,17-18H2,(H2,30,33)(H,37,38). The number of nitrogen functional groups attached to an aromatic ring is 1. The van der Waals surface area contributed by atoms with E-state index in [0.29, 0.717) is 34.4 Å². The van der Waals surface area contributed by atoms with Crippen molar-refractivity contribution in [2.45, 2.75) is 57.4 Å². The van der Waals surface area contributed by atoms with Crippen molar-refractivity contribution in [3.05, 3.63) is 42.7 Å². The number of aromatic hydroxyl groups is 1. The van der Waals surface area contributed by atoms with Gasteiger partial charge in [-0.2, -0.15) is 5.10 Å². The topological polar surface area (TPSA) is 130 Å². The third-order valence-corrected chi connectivity index (χ3v) is 9.14. The molecular formula is C29H36N6O3. The van der Waals surface area contributed by atoms with Gasteiger partial charge < -0.3 is 20.8 Å². The molecule has 6 rings (SSSR count). The summed E-state index contributed by atoms with van der Waals surface area (Å²) in [5, 5.41) is 32.5. The molecule has 3 fully saturated rings. The number of rotatable bonds is 6. The Kier molecular flexibility index (Phi) is 6.55. The normalized spacial score (nSPS) is 23.8. The molecule has 3 aromatic rings. The Morgan fingerprint density at radius 1 is 1.03 bits per heavy atom. The van der Waals surface area contributed by atoms with Crippen LogP contribution < -0.4 is 5.73 Å². The predicted octanol–water partition coefficient (Wildman–Crippen LogP) is 4.60. The smallest absolute Gasteiger partial charge is 0.306 e. The van der Waals surface area contributed by atoms with Gasteiger partial charge in [0.2, 0.25) is 0 Å². The van der Waals surface area contributed by atoms with E-state index in [2.05, 4.69) is 26.0 Å². The van der Waals surface area contributed by atoms with E-state index in [1.807, 2.05) is 24.4 Å². The molecule has 38 heavy (non-hydrogen) atoms. The van der Waals surface area contributed by atoms with Crippen molar-refractivity contribution >= 4 is 11.8 Å². The molecule has 1 saturated heterocycles. The number of anilines is 1. The summed E-state index contributed by atoms with van der Waals surface area (Å²) in [7, 11) is 0. The summed E-state index contributed by atoms with van der Waals surface area (Å²) in [4.78, 5) is 13.8. The molecule has 2 saturated carbocycles. The molecule has 0 unspecified atom stereocenters. The lowest BCUT2D eigenvalue weighted by Crippen LogP contribution is -2.58. The Morgan fingerprint density at radius 2 is 1.76 bits per heavy atom. The minimum Gasteiger partial charge on any atom is -0.507 e. The van der Waals surface area contributed by atoms with E-state index in [1.54, 1.807) is 12.1 Å². The van der Waals surface area contributed by atoms with Crippen LogP contribution in [0, 0.1) is 17.3 Å². The van der Waals surface area contributed by atoms with Crippen LogP contribution in [0.5, 0.6) is 5.75 Å². The van der Waals surface area contributed by atoms with Gasteiger partial charge in [-0.25, -0.2) is 0 Å². The summed E-state index contributed by atoms with van der Waals surface area (Å²) in [5.41, 5.74) is 9.49. The molecular weight excluding hydrogens is 480 g/mol. The number of phenolic OH excluding ortho intramolecular Hbond substituents is 1. The SMILES string of the molecule is Nc1nnc(-c2ccccc2O)cc1-c1cnn(C2CCC3(CC2)CN(CC2CCC(C(=O)O)CC2)C3)c1. The average Bonchev–Trinajstić information content (AvgIpc) is 3.39. The second-order valence-electron chi connectivity index (χ2n) is 11.7. The van der Waals surface area contributed by atoms with Gasteiger partial charge >= 0.3 is 5.97 Å². The summed E-state index contributed by atoms with van der Waals surface area (Å²) in [5.74, 6) is 0.410. The maximum Gasteiger partial charge on any atom is 0.306 e. The number of hydrogen-bond acceptors (Lipinski definition) is 7. The highest BCUT2D eigenvalue weighted by Crippen LogP contribution is 2.47. The van der Waals surface area contributed by atoms with Crippen molar-refractivity contribution in [3.8, 4) is 28.1 Å². The van der Waals surface area contributed by atoms with Crippen molar-refractivity contribution in [3.63, 3.8) is 0 Å². The zero-order valence-corrected chi connectivity index (χ0v) is 21.7. The van der Waals surface area contributed by atoms with Crippen molar-refractivity contribution in [1.29, 1.82) is 0 Å². The number of aliphatic carboxylic acids is 1.